The first-order chi connectivity index (χ1) is 10.5. The van der Waals surface area contributed by atoms with Gasteiger partial charge in [-0.05, 0) is 26.2 Å². The Hall–Kier alpha value is -1.89. The van der Waals surface area contributed by atoms with Crippen LogP contribution in [0.3, 0.4) is 0 Å². The number of piperidine rings is 1. The van der Waals surface area contributed by atoms with Crippen molar-refractivity contribution in [3.05, 3.63) is 17.5 Å². The minimum atomic E-state index is -0.0574. The van der Waals surface area contributed by atoms with Crippen LogP contribution in [-0.2, 0) is 11.8 Å². The van der Waals surface area contributed by atoms with E-state index in [0.717, 1.165) is 31.5 Å². The van der Waals surface area contributed by atoms with E-state index in [0.29, 0.717) is 25.1 Å². The average Bonchev–Trinajstić information content (AvgIpc) is 2.84. The van der Waals surface area contributed by atoms with Gasteiger partial charge in [-0.3, -0.25) is 14.3 Å². The Labute approximate surface area is 130 Å². The molecule has 0 radical (unpaired) electrons. The fourth-order valence-electron chi connectivity index (χ4n) is 2.90. The zero-order valence-corrected chi connectivity index (χ0v) is 13.3. The molecule has 1 aromatic rings. The highest BCUT2D eigenvalue weighted by Gasteiger charge is 2.29. The maximum Gasteiger partial charge on any atom is 0.257 e. The fourth-order valence-corrected chi connectivity index (χ4v) is 2.90. The van der Waals surface area contributed by atoms with Crippen LogP contribution in [0.15, 0.2) is 6.20 Å². The first-order valence-electron chi connectivity index (χ1n) is 7.81. The minimum absolute atomic E-state index is 0.00312. The molecule has 2 heterocycles. The third-order valence-corrected chi connectivity index (χ3v) is 4.04. The molecule has 0 spiro atoms. The zero-order valence-electron chi connectivity index (χ0n) is 13.3. The minimum Gasteiger partial charge on any atom is -0.354 e. The number of rotatable bonds is 5. The van der Waals surface area contributed by atoms with E-state index in [4.69, 9.17) is 5.73 Å². The summed E-state index contributed by atoms with van der Waals surface area (Å²) in [4.78, 5) is 26.2. The maximum absolute atomic E-state index is 12.8. The lowest BCUT2D eigenvalue weighted by molar-refractivity contribution is -0.121. The topological polar surface area (TPSA) is 93.2 Å². The third-order valence-electron chi connectivity index (χ3n) is 4.04. The SMILES string of the molecule is Cc1nn(C)cc1C(=O)N1CCCCC1CNC(=O)CCN. The van der Waals surface area contributed by atoms with E-state index in [9.17, 15) is 9.59 Å². The summed E-state index contributed by atoms with van der Waals surface area (Å²) in [5.74, 6) is -0.0543. The molecular weight excluding hydrogens is 282 g/mol. The Morgan fingerprint density at radius 1 is 1.45 bits per heavy atom. The molecule has 122 valence electrons. The number of amides is 2. The van der Waals surface area contributed by atoms with E-state index in [1.54, 1.807) is 10.9 Å². The first-order valence-corrected chi connectivity index (χ1v) is 7.81. The van der Waals surface area contributed by atoms with E-state index < -0.39 is 0 Å². The van der Waals surface area contributed by atoms with Crippen LogP contribution in [0.2, 0.25) is 0 Å². The molecule has 1 aliphatic rings. The summed E-state index contributed by atoms with van der Waals surface area (Å²) in [6, 6.07) is 0.0441. The van der Waals surface area contributed by atoms with Gasteiger partial charge in [0.1, 0.15) is 0 Å². The monoisotopic (exact) mass is 307 g/mol. The van der Waals surface area contributed by atoms with Crippen molar-refractivity contribution in [2.45, 2.75) is 38.6 Å². The van der Waals surface area contributed by atoms with Gasteiger partial charge in [0.15, 0.2) is 0 Å². The lowest BCUT2D eigenvalue weighted by Crippen LogP contribution is -2.49. The second-order valence-electron chi connectivity index (χ2n) is 5.79. The molecule has 3 N–H and O–H groups in total. The van der Waals surface area contributed by atoms with Crippen LogP contribution >= 0.6 is 0 Å². The highest BCUT2D eigenvalue weighted by Crippen LogP contribution is 2.20. The number of carbonyl (C=O) groups is 2. The van der Waals surface area contributed by atoms with Crippen molar-refractivity contribution < 1.29 is 9.59 Å². The van der Waals surface area contributed by atoms with E-state index in [1.165, 1.54) is 0 Å². The number of aromatic nitrogens is 2. The van der Waals surface area contributed by atoms with Crippen LogP contribution in [0.1, 0.15) is 41.7 Å². The van der Waals surface area contributed by atoms with Crippen molar-refractivity contribution in [1.82, 2.24) is 20.0 Å². The molecule has 1 saturated heterocycles. The van der Waals surface area contributed by atoms with Gasteiger partial charge in [0, 0.05) is 45.3 Å². The molecule has 0 aliphatic carbocycles. The van der Waals surface area contributed by atoms with Crippen LogP contribution in [0, 0.1) is 6.92 Å². The van der Waals surface area contributed by atoms with Gasteiger partial charge in [0.2, 0.25) is 5.91 Å². The summed E-state index contributed by atoms with van der Waals surface area (Å²) in [5, 5.41) is 7.11. The van der Waals surface area contributed by atoms with Crippen molar-refractivity contribution in [1.29, 1.82) is 0 Å². The van der Waals surface area contributed by atoms with Gasteiger partial charge in [-0.25, -0.2) is 0 Å². The van der Waals surface area contributed by atoms with Gasteiger partial charge in [-0.2, -0.15) is 5.10 Å². The fraction of sp³-hybridized carbons (Fsp3) is 0.667. The van der Waals surface area contributed by atoms with Gasteiger partial charge < -0.3 is 16.0 Å². The van der Waals surface area contributed by atoms with Crippen molar-refractivity contribution in [3.63, 3.8) is 0 Å². The van der Waals surface area contributed by atoms with Crippen molar-refractivity contribution in [2.75, 3.05) is 19.6 Å². The van der Waals surface area contributed by atoms with Crippen molar-refractivity contribution in [2.24, 2.45) is 12.8 Å². The van der Waals surface area contributed by atoms with Gasteiger partial charge in [0.25, 0.3) is 5.91 Å². The van der Waals surface area contributed by atoms with Crippen LogP contribution in [0.5, 0.6) is 0 Å². The average molecular weight is 307 g/mol. The predicted octanol–water partition coefficient (Wildman–Crippen LogP) is 0.188. The summed E-state index contributed by atoms with van der Waals surface area (Å²) in [7, 11) is 1.81. The Morgan fingerprint density at radius 2 is 2.23 bits per heavy atom. The molecule has 0 saturated carbocycles. The lowest BCUT2D eigenvalue weighted by atomic mass is 10.0. The predicted molar refractivity (Wildman–Crippen MR) is 83.3 cm³/mol. The van der Waals surface area contributed by atoms with Gasteiger partial charge >= 0.3 is 0 Å². The normalized spacial score (nSPS) is 18.3. The number of nitrogens with one attached hydrogen (secondary N) is 1. The molecular formula is C15H25N5O2. The van der Waals surface area contributed by atoms with E-state index in [2.05, 4.69) is 10.4 Å². The van der Waals surface area contributed by atoms with Crippen molar-refractivity contribution >= 4 is 11.8 Å². The second-order valence-corrected chi connectivity index (χ2v) is 5.79. The second kappa shape index (κ2) is 7.40. The van der Waals surface area contributed by atoms with Crippen LogP contribution in [0.4, 0.5) is 0 Å². The van der Waals surface area contributed by atoms with E-state index in [1.807, 2.05) is 18.9 Å². The third kappa shape index (κ3) is 3.85. The zero-order chi connectivity index (χ0) is 16.1. The summed E-state index contributed by atoms with van der Waals surface area (Å²) < 4.78 is 1.66. The molecule has 0 aromatic carbocycles. The lowest BCUT2D eigenvalue weighted by Gasteiger charge is -2.35. The van der Waals surface area contributed by atoms with Crippen molar-refractivity contribution in [3.8, 4) is 0 Å². The number of carbonyl (C=O) groups excluding carboxylic acids is 2. The van der Waals surface area contributed by atoms with E-state index in [-0.39, 0.29) is 17.9 Å². The smallest absolute Gasteiger partial charge is 0.257 e. The van der Waals surface area contributed by atoms with E-state index >= 15 is 0 Å². The highest BCUT2D eigenvalue weighted by molar-refractivity contribution is 5.95. The van der Waals surface area contributed by atoms with Gasteiger partial charge in [-0.1, -0.05) is 0 Å². The van der Waals surface area contributed by atoms with Crippen LogP contribution < -0.4 is 11.1 Å². The molecule has 1 aromatic heterocycles. The number of hydrogen-bond acceptors (Lipinski definition) is 4. The summed E-state index contributed by atoms with van der Waals surface area (Å²) in [6.07, 6.45) is 5.07. The largest absolute Gasteiger partial charge is 0.354 e. The standard InChI is InChI=1S/C15H25N5O2/c1-11-13(10-19(2)18-11)15(22)20-8-4-3-5-12(20)9-17-14(21)6-7-16/h10,12H,3-9,16H2,1-2H3,(H,17,21). The Balaban J connectivity index is 2.04. The Bertz CT molecular complexity index is 540. The molecule has 2 amide bonds. The number of nitrogens with two attached hydrogens (primary N) is 1. The Morgan fingerprint density at radius 3 is 2.86 bits per heavy atom. The van der Waals surface area contributed by atoms with Gasteiger partial charge in [-0.15, -0.1) is 0 Å². The molecule has 1 atom stereocenters. The summed E-state index contributed by atoms with van der Waals surface area (Å²) in [5.41, 5.74) is 6.76. The molecule has 2 rings (SSSR count). The quantitative estimate of drug-likeness (QED) is 0.812. The maximum atomic E-state index is 12.8. The summed E-state index contributed by atoms with van der Waals surface area (Å²) >= 11 is 0. The number of nitrogens with zero attached hydrogens (tertiary/aromatic N) is 3. The molecule has 7 nitrogen and oxygen atoms in total. The highest BCUT2D eigenvalue weighted by atomic mass is 16.2. The Kier molecular flexibility index (Phi) is 5.54. The number of likely N-dealkylation sites (tertiary alicyclic amines) is 1. The molecule has 22 heavy (non-hydrogen) atoms. The molecule has 1 aliphatic heterocycles. The molecule has 1 unspecified atom stereocenters. The van der Waals surface area contributed by atoms with Crippen LogP contribution in [0.25, 0.3) is 0 Å². The molecule has 0 bridgehead atoms. The number of hydrogen-bond donors (Lipinski definition) is 2. The van der Waals surface area contributed by atoms with Crippen LogP contribution in [-0.4, -0.2) is 52.2 Å². The molecule has 1 fully saturated rings. The number of aryl methyl sites for hydroxylation is 2. The first kappa shape index (κ1) is 16.5. The summed E-state index contributed by atoms with van der Waals surface area (Å²) in [6.45, 7) is 3.40. The van der Waals surface area contributed by atoms with Gasteiger partial charge in [0.05, 0.1) is 11.3 Å². The molecule has 7 heteroatoms.